The maximum atomic E-state index is 11.9. The van der Waals surface area contributed by atoms with Crippen molar-refractivity contribution in [2.45, 2.75) is 19.5 Å². The highest BCUT2D eigenvalue weighted by Crippen LogP contribution is 2.20. The van der Waals surface area contributed by atoms with Crippen molar-refractivity contribution in [3.8, 4) is 0 Å². The second-order valence-electron chi connectivity index (χ2n) is 3.34. The van der Waals surface area contributed by atoms with Crippen LogP contribution in [0.15, 0.2) is 5.38 Å². The quantitative estimate of drug-likeness (QED) is 0.828. The van der Waals surface area contributed by atoms with Gasteiger partial charge in [0.05, 0.1) is 11.4 Å². The van der Waals surface area contributed by atoms with E-state index in [0.717, 1.165) is 4.90 Å². The van der Waals surface area contributed by atoms with E-state index >= 15 is 0 Å². The van der Waals surface area contributed by atoms with Gasteiger partial charge in [0.25, 0.3) is 5.91 Å². The summed E-state index contributed by atoms with van der Waals surface area (Å²) in [5.41, 5.74) is 0.201. The van der Waals surface area contributed by atoms with Gasteiger partial charge in [-0.15, -0.1) is 11.3 Å². The molecule has 0 saturated carbocycles. The van der Waals surface area contributed by atoms with E-state index in [9.17, 15) is 18.0 Å². The molecule has 0 aliphatic rings. The van der Waals surface area contributed by atoms with Crippen molar-refractivity contribution >= 4 is 17.2 Å². The van der Waals surface area contributed by atoms with Crippen molar-refractivity contribution < 1.29 is 18.0 Å². The summed E-state index contributed by atoms with van der Waals surface area (Å²) in [4.78, 5) is 16.5. The molecule has 0 aliphatic heterocycles. The molecule has 0 aliphatic carbocycles. The number of carbonyl (C=O) groups is 1. The van der Waals surface area contributed by atoms with Crippen molar-refractivity contribution in [1.29, 1.82) is 0 Å². The molecule has 0 radical (unpaired) electrons. The Morgan fingerprint density at radius 2 is 2.19 bits per heavy atom. The number of hydrogen-bond acceptors (Lipinski definition) is 3. The van der Waals surface area contributed by atoms with Gasteiger partial charge in [-0.05, 0) is 6.92 Å². The summed E-state index contributed by atoms with van der Waals surface area (Å²) in [6.07, 6.45) is -5.25. The zero-order valence-corrected chi connectivity index (χ0v) is 9.65. The number of hydrogen-bond donors (Lipinski definition) is 0. The normalized spacial score (nSPS) is 11.6. The first-order valence-corrected chi connectivity index (χ1v) is 5.42. The van der Waals surface area contributed by atoms with E-state index in [-0.39, 0.29) is 12.2 Å². The number of thiazole rings is 1. The van der Waals surface area contributed by atoms with Crippen molar-refractivity contribution in [1.82, 2.24) is 9.88 Å². The Balaban J connectivity index is 2.55. The van der Waals surface area contributed by atoms with E-state index in [4.69, 9.17) is 0 Å². The predicted octanol–water partition coefficient (Wildman–Crippen LogP) is 2.48. The summed E-state index contributed by atoms with van der Waals surface area (Å²) < 4.78 is 35.8. The lowest BCUT2D eigenvalue weighted by Crippen LogP contribution is -2.30. The fraction of sp³-hybridized carbons (Fsp3) is 0.556. The van der Waals surface area contributed by atoms with Gasteiger partial charge in [0.15, 0.2) is 0 Å². The number of carbonyl (C=O) groups excluding carboxylic acids is 1. The van der Waals surface area contributed by atoms with Crippen LogP contribution in [-0.4, -0.2) is 35.6 Å². The summed E-state index contributed by atoms with van der Waals surface area (Å²) in [6, 6.07) is 0. The second kappa shape index (κ2) is 4.82. The smallest absolute Gasteiger partial charge is 0.340 e. The molecule has 0 spiro atoms. The first kappa shape index (κ1) is 13.0. The van der Waals surface area contributed by atoms with Crippen LogP contribution in [0.5, 0.6) is 0 Å². The topological polar surface area (TPSA) is 33.2 Å². The van der Waals surface area contributed by atoms with Crippen LogP contribution in [0.4, 0.5) is 13.2 Å². The molecule has 1 rings (SSSR count). The third-order valence-corrected chi connectivity index (χ3v) is 2.69. The number of nitrogens with zero attached hydrogens (tertiary/aromatic N) is 2. The average Bonchev–Trinajstić information content (AvgIpc) is 2.59. The van der Waals surface area contributed by atoms with Crippen molar-refractivity contribution in [3.63, 3.8) is 0 Å². The zero-order valence-electron chi connectivity index (χ0n) is 8.84. The lowest BCUT2D eigenvalue weighted by atomic mass is 10.3. The molecule has 0 unspecified atom stereocenters. The first-order valence-electron chi connectivity index (χ1n) is 4.54. The van der Waals surface area contributed by atoms with Crippen LogP contribution in [-0.2, 0) is 0 Å². The van der Waals surface area contributed by atoms with Crippen LogP contribution in [0, 0.1) is 6.92 Å². The maximum absolute atomic E-state index is 11.9. The molecule has 1 aromatic heterocycles. The summed E-state index contributed by atoms with van der Waals surface area (Å²) in [7, 11) is 1.34. The molecule has 1 amide bonds. The van der Waals surface area contributed by atoms with Crippen LogP contribution in [0.1, 0.15) is 21.9 Å². The number of alkyl halides is 3. The summed E-state index contributed by atoms with van der Waals surface area (Å²) in [5.74, 6) is -0.478. The lowest BCUT2D eigenvalue weighted by Gasteiger charge is -2.16. The second-order valence-corrected chi connectivity index (χ2v) is 4.41. The molecule has 0 N–H and O–H groups in total. The Morgan fingerprint density at radius 1 is 1.56 bits per heavy atom. The molecule has 0 saturated heterocycles. The fourth-order valence-corrected chi connectivity index (χ4v) is 1.64. The lowest BCUT2D eigenvalue weighted by molar-refractivity contribution is -0.136. The highest BCUT2D eigenvalue weighted by atomic mass is 32.1. The third-order valence-electron chi connectivity index (χ3n) is 1.92. The summed E-state index contributed by atoms with van der Waals surface area (Å²) in [6.45, 7) is 1.38. The molecule has 90 valence electrons. The highest BCUT2D eigenvalue weighted by Gasteiger charge is 2.28. The van der Waals surface area contributed by atoms with E-state index in [1.807, 2.05) is 0 Å². The largest absolute Gasteiger partial charge is 0.390 e. The van der Waals surface area contributed by atoms with Crippen molar-refractivity contribution in [2.24, 2.45) is 0 Å². The molecular weight excluding hydrogens is 241 g/mol. The number of aromatic nitrogens is 1. The van der Waals surface area contributed by atoms with Gasteiger partial charge in [-0.3, -0.25) is 4.79 Å². The average molecular weight is 252 g/mol. The molecule has 3 nitrogen and oxygen atoms in total. The first-order chi connectivity index (χ1) is 7.29. The molecular formula is C9H11F3N2OS. The minimum absolute atomic E-state index is 0.201. The number of halogens is 3. The van der Waals surface area contributed by atoms with Crippen LogP contribution in [0.3, 0.4) is 0 Å². The van der Waals surface area contributed by atoms with Crippen LogP contribution in [0.2, 0.25) is 0 Å². The molecule has 1 heterocycles. The molecule has 0 bridgehead atoms. The van der Waals surface area contributed by atoms with Gasteiger partial charge in [-0.25, -0.2) is 4.98 Å². The molecule has 7 heteroatoms. The van der Waals surface area contributed by atoms with Gasteiger partial charge in [0.1, 0.15) is 5.69 Å². The Labute approximate surface area is 94.9 Å². The maximum Gasteiger partial charge on any atom is 0.390 e. The Kier molecular flexibility index (Phi) is 3.90. The van der Waals surface area contributed by atoms with Gasteiger partial charge in [-0.2, -0.15) is 13.2 Å². The summed E-state index contributed by atoms with van der Waals surface area (Å²) >= 11 is 1.29. The third kappa shape index (κ3) is 3.80. The number of amides is 1. The van der Waals surface area contributed by atoms with Gasteiger partial charge in [0, 0.05) is 19.0 Å². The molecule has 0 fully saturated rings. The van der Waals surface area contributed by atoms with E-state index in [2.05, 4.69) is 4.98 Å². The van der Waals surface area contributed by atoms with Crippen LogP contribution >= 0.6 is 11.3 Å². The minimum atomic E-state index is -4.24. The SMILES string of the molecule is Cc1nc(C(=O)N(C)CCC(F)(F)F)cs1. The Bertz CT molecular complexity index is 375. The Hall–Kier alpha value is -1.11. The van der Waals surface area contributed by atoms with Crippen LogP contribution < -0.4 is 0 Å². The monoisotopic (exact) mass is 252 g/mol. The van der Waals surface area contributed by atoms with E-state index in [1.165, 1.54) is 18.4 Å². The van der Waals surface area contributed by atoms with Gasteiger partial charge < -0.3 is 4.90 Å². The highest BCUT2D eigenvalue weighted by molar-refractivity contribution is 7.09. The van der Waals surface area contributed by atoms with E-state index in [1.54, 1.807) is 12.3 Å². The van der Waals surface area contributed by atoms with Crippen LogP contribution in [0.25, 0.3) is 0 Å². The van der Waals surface area contributed by atoms with Crippen molar-refractivity contribution in [3.05, 3.63) is 16.1 Å². The number of aryl methyl sites for hydroxylation is 1. The predicted molar refractivity (Wildman–Crippen MR) is 54.5 cm³/mol. The molecule has 0 atom stereocenters. The fourth-order valence-electron chi connectivity index (χ4n) is 1.05. The summed E-state index contributed by atoms with van der Waals surface area (Å²) in [5, 5.41) is 2.26. The Morgan fingerprint density at radius 3 is 2.62 bits per heavy atom. The van der Waals surface area contributed by atoms with E-state index in [0.29, 0.717) is 5.01 Å². The minimum Gasteiger partial charge on any atom is -0.340 e. The van der Waals surface area contributed by atoms with Gasteiger partial charge in [-0.1, -0.05) is 0 Å². The molecule has 16 heavy (non-hydrogen) atoms. The standard InChI is InChI=1S/C9H11F3N2OS/c1-6-13-7(5-16-6)8(15)14(2)4-3-9(10,11)12/h5H,3-4H2,1-2H3. The zero-order chi connectivity index (χ0) is 12.3. The van der Waals surface area contributed by atoms with Gasteiger partial charge >= 0.3 is 6.18 Å². The van der Waals surface area contributed by atoms with E-state index < -0.39 is 18.5 Å². The molecule has 1 aromatic rings. The number of rotatable bonds is 3. The van der Waals surface area contributed by atoms with Gasteiger partial charge in [0.2, 0.25) is 0 Å². The molecule has 0 aromatic carbocycles. The van der Waals surface area contributed by atoms with Crippen molar-refractivity contribution in [2.75, 3.05) is 13.6 Å².